The van der Waals surface area contributed by atoms with E-state index >= 15 is 0 Å². The van der Waals surface area contributed by atoms with Gasteiger partial charge in [0.1, 0.15) is 18.0 Å². The summed E-state index contributed by atoms with van der Waals surface area (Å²) < 4.78 is 22.1. The molecule has 0 aliphatic carbocycles. The van der Waals surface area contributed by atoms with Crippen LogP contribution < -0.4 is 4.74 Å². The van der Waals surface area contributed by atoms with Crippen molar-refractivity contribution in [3.05, 3.63) is 29.8 Å². The molecule has 0 amide bonds. The van der Waals surface area contributed by atoms with E-state index in [1.165, 1.54) is 12.0 Å². The number of Topliss-reactive ketones (excluding diaryl/α,β-unsaturated/α-hetero) is 1. The van der Waals surface area contributed by atoms with E-state index in [1.807, 2.05) is 19.1 Å². The first-order chi connectivity index (χ1) is 14.7. The van der Waals surface area contributed by atoms with Gasteiger partial charge in [-0.2, -0.15) is 0 Å². The molecule has 1 fully saturated rings. The van der Waals surface area contributed by atoms with Gasteiger partial charge in [-0.25, -0.2) is 0 Å². The minimum atomic E-state index is -0.450. The van der Waals surface area contributed by atoms with Crippen LogP contribution in [-0.2, 0) is 30.2 Å². The predicted octanol–water partition coefficient (Wildman–Crippen LogP) is 4.62. The monoisotopic (exact) mass is 420 g/mol. The number of rotatable bonds is 15. The lowest BCUT2D eigenvalue weighted by Crippen LogP contribution is -2.22. The summed E-state index contributed by atoms with van der Waals surface area (Å²) in [5, 5.41) is 0. The van der Waals surface area contributed by atoms with E-state index in [0.717, 1.165) is 57.5 Å². The fourth-order valence-corrected chi connectivity index (χ4v) is 3.26. The van der Waals surface area contributed by atoms with Crippen molar-refractivity contribution in [3.63, 3.8) is 0 Å². The van der Waals surface area contributed by atoms with Gasteiger partial charge in [-0.3, -0.25) is 9.59 Å². The van der Waals surface area contributed by atoms with E-state index in [9.17, 15) is 9.59 Å². The SMILES string of the molecule is CCCC(=O)CC(=O)OCCCOc1ccc(CCCCOC2CCCCO2)cc1. The third kappa shape index (κ3) is 10.7. The van der Waals surface area contributed by atoms with Crippen LogP contribution in [0.25, 0.3) is 0 Å². The van der Waals surface area contributed by atoms with Crippen LogP contribution in [0.3, 0.4) is 0 Å². The summed E-state index contributed by atoms with van der Waals surface area (Å²) in [5.41, 5.74) is 1.28. The molecule has 1 unspecified atom stereocenters. The lowest BCUT2D eigenvalue weighted by Gasteiger charge is -2.22. The summed E-state index contributed by atoms with van der Waals surface area (Å²) in [6.45, 7) is 4.23. The lowest BCUT2D eigenvalue weighted by atomic mass is 10.1. The van der Waals surface area contributed by atoms with Gasteiger partial charge in [0.2, 0.25) is 0 Å². The Morgan fingerprint density at radius 3 is 2.60 bits per heavy atom. The standard InChI is InChI=1S/C24H36O6/c1-2-8-21(25)19-23(26)28-18-7-17-27-22-13-11-20(12-14-22)9-3-5-15-29-24-10-4-6-16-30-24/h11-14,24H,2-10,15-19H2,1H3. The van der Waals surface area contributed by atoms with E-state index in [2.05, 4.69) is 12.1 Å². The Kier molecular flexibility index (Phi) is 12.1. The van der Waals surface area contributed by atoms with Gasteiger partial charge in [0.25, 0.3) is 0 Å². The van der Waals surface area contributed by atoms with Gasteiger partial charge >= 0.3 is 5.97 Å². The van der Waals surface area contributed by atoms with E-state index in [0.29, 0.717) is 19.4 Å². The molecule has 1 aliphatic rings. The fraction of sp³-hybridized carbons (Fsp3) is 0.667. The summed E-state index contributed by atoms with van der Waals surface area (Å²) in [4.78, 5) is 22.9. The molecule has 0 spiro atoms. The summed E-state index contributed by atoms with van der Waals surface area (Å²) in [6.07, 6.45) is 8.14. The highest BCUT2D eigenvalue weighted by Gasteiger charge is 2.13. The molecule has 1 atom stereocenters. The Bertz CT molecular complexity index is 607. The third-order valence-electron chi connectivity index (χ3n) is 4.92. The topological polar surface area (TPSA) is 71.1 Å². The zero-order valence-electron chi connectivity index (χ0n) is 18.2. The minimum Gasteiger partial charge on any atom is -0.493 e. The van der Waals surface area contributed by atoms with Gasteiger partial charge in [-0.05, 0) is 62.6 Å². The Labute approximate surface area is 180 Å². The van der Waals surface area contributed by atoms with Crippen molar-refractivity contribution >= 4 is 11.8 Å². The molecule has 0 saturated carbocycles. The molecule has 1 aromatic rings. The average Bonchev–Trinajstić information content (AvgIpc) is 2.75. The van der Waals surface area contributed by atoms with Crippen molar-refractivity contribution in [1.82, 2.24) is 0 Å². The van der Waals surface area contributed by atoms with Gasteiger partial charge in [0.15, 0.2) is 6.29 Å². The van der Waals surface area contributed by atoms with Crippen LogP contribution in [0, 0.1) is 0 Å². The number of hydrogen-bond acceptors (Lipinski definition) is 6. The molecule has 0 bridgehead atoms. The zero-order chi connectivity index (χ0) is 21.4. The molecule has 1 saturated heterocycles. The quantitative estimate of drug-likeness (QED) is 0.234. The maximum Gasteiger partial charge on any atom is 0.313 e. The summed E-state index contributed by atoms with van der Waals surface area (Å²) in [5.74, 6) is 0.292. The summed E-state index contributed by atoms with van der Waals surface area (Å²) in [6, 6.07) is 8.11. The van der Waals surface area contributed by atoms with E-state index in [1.54, 1.807) is 0 Å². The predicted molar refractivity (Wildman–Crippen MR) is 115 cm³/mol. The molecular weight excluding hydrogens is 384 g/mol. The zero-order valence-corrected chi connectivity index (χ0v) is 18.2. The highest BCUT2D eigenvalue weighted by Crippen LogP contribution is 2.16. The second kappa shape index (κ2) is 15.0. The molecule has 6 nitrogen and oxygen atoms in total. The molecule has 0 radical (unpaired) electrons. The highest BCUT2D eigenvalue weighted by atomic mass is 16.7. The molecular formula is C24H36O6. The molecule has 1 heterocycles. The number of benzene rings is 1. The first-order valence-corrected chi connectivity index (χ1v) is 11.3. The number of ether oxygens (including phenoxy) is 4. The third-order valence-corrected chi connectivity index (χ3v) is 4.92. The summed E-state index contributed by atoms with van der Waals surface area (Å²) >= 11 is 0. The Morgan fingerprint density at radius 1 is 1.03 bits per heavy atom. The van der Waals surface area contributed by atoms with Crippen molar-refractivity contribution in [1.29, 1.82) is 0 Å². The number of hydrogen-bond donors (Lipinski definition) is 0. The normalized spacial score (nSPS) is 16.2. The Hall–Kier alpha value is -1.92. The molecule has 30 heavy (non-hydrogen) atoms. The first-order valence-electron chi connectivity index (χ1n) is 11.3. The summed E-state index contributed by atoms with van der Waals surface area (Å²) in [7, 11) is 0. The van der Waals surface area contributed by atoms with Gasteiger partial charge in [-0.15, -0.1) is 0 Å². The highest BCUT2D eigenvalue weighted by molar-refractivity contribution is 5.95. The van der Waals surface area contributed by atoms with Crippen LogP contribution in [0.2, 0.25) is 0 Å². The van der Waals surface area contributed by atoms with Crippen LogP contribution in [0.5, 0.6) is 5.75 Å². The second-order valence-electron chi connectivity index (χ2n) is 7.66. The Morgan fingerprint density at radius 2 is 1.87 bits per heavy atom. The van der Waals surface area contributed by atoms with Crippen molar-refractivity contribution in [2.24, 2.45) is 0 Å². The van der Waals surface area contributed by atoms with Crippen LogP contribution in [0.4, 0.5) is 0 Å². The van der Waals surface area contributed by atoms with Crippen molar-refractivity contribution in [2.75, 3.05) is 26.4 Å². The van der Waals surface area contributed by atoms with Crippen molar-refractivity contribution in [2.45, 2.75) is 77.4 Å². The molecule has 1 aliphatic heterocycles. The fourth-order valence-electron chi connectivity index (χ4n) is 3.26. The number of carbonyl (C=O) groups excluding carboxylic acids is 2. The first kappa shape index (κ1) is 24.4. The van der Waals surface area contributed by atoms with Crippen LogP contribution in [0.15, 0.2) is 24.3 Å². The maximum absolute atomic E-state index is 11.5. The van der Waals surface area contributed by atoms with Gasteiger partial charge in [-0.1, -0.05) is 19.1 Å². The number of carbonyl (C=O) groups is 2. The Balaban J connectivity index is 1.49. The smallest absolute Gasteiger partial charge is 0.313 e. The largest absolute Gasteiger partial charge is 0.493 e. The molecule has 0 aromatic heterocycles. The van der Waals surface area contributed by atoms with Crippen LogP contribution in [0.1, 0.15) is 70.3 Å². The van der Waals surface area contributed by atoms with E-state index in [4.69, 9.17) is 18.9 Å². The molecule has 1 aromatic carbocycles. The number of unbranched alkanes of at least 4 members (excludes halogenated alkanes) is 1. The number of aryl methyl sites for hydroxylation is 1. The van der Waals surface area contributed by atoms with Crippen molar-refractivity contribution < 1.29 is 28.5 Å². The minimum absolute atomic E-state index is 0.00209. The van der Waals surface area contributed by atoms with Crippen LogP contribution >= 0.6 is 0 Å². The molecule has 2 rings (SSSR count). The molecule has 6 heteroatoms. The van der Waals surface area contributed by atoms with E-state index < -0.39 is 5.97 Å². The second-order valence-corrected chi connectivity index (χ2v) is 7.66. The van der Waals surface area contributed by atoms with Gasteiger partial charge in [0, 0.05) is 26.1 Å². The van der Waals surface area contributed by atoms with Crippen LogP contribution in [-0.4, -0.2) is 44.5 Å². The maximum atomic E-state index is 11.5. The van der Waals surface area contributed by atoms with E-state index in [-0.39, 0.29) is 25.1 Å². The number of esters is 1. The number of ketones is 1. The average molecular weight is 421 g/mol. The van der Waals surface area contributed by atoms with Crippen molar-refractivity contribution in [3.8, 4) is 5.75 Å². The van der Waals surface area contributed by atoms with Gasteiger partial charge in [0.05, 0.1) is 13.2 Å². The van der Waals surface area contributed by atoms with Gasteiger partial charge < -0.3 is 18.9 Å². The molecule has 168 valence electrons. The molecule has 0 N–H and O–H groups in total. The lowest BCUT2D eigenvalue weighted by molar-refractivity contribution is -0.162.